The molecule has 2 N–H and O–H groups in total. The van der Waals surface area contributed by atoms with Gasteiger partial charge in [-0.25, -0.2) is 0 Å². The first-order valence-corrected chi connectivity index (χ1v) is 9.57. The van der Waals surface area contributed by atoms with Gasteiger partial charge in [0.2, 0.25) is 5.91 Å². The molecule has 7 nitrogen and oxygen atoms in total. The van der Waals surface area contributed by atoms with E-state index in [1.165, 1.54) is 18.4 Å². The molecule has 1 aliphatic rings. The first kappa shape index (κ1) is 24.5. The van der Waals surface area contributed by atoms with Gasteiger partial charge in [-0.1, -0.05) is 12.1 Å². The number of carbonyl (C=O) groups is 1. The lowest BCUT2D eigenvalue weighted by atomic mass is 10.1. The molecule has 0 bridgehead atoms. The number of likely N-dealkylation sites (tertiary alicyclic amines) is 1. The first-order valence-electron chi connectivity index (χ1n) is 9.57. The van der Waals surface area contributed by atoms with E-state index in [4.69, 9.17) is 4.74 Å². The Morgan fingerprint density at radius 3 is 2.39 bits per heavy atom. The maximum Gasteiger partial charge on any atom is 0.223 e. The zero-order valence-electron chi connectivity index (χ0n) is 17.4. The van der Waals surface area contributed by atoms with E-state index in [-0.39, 0.29) is 35.9 Å². The van der Waals surface area contributed by atoms with Crippen LogP contribution < -0.4 is 15.4 Å². The highest BCUT2D eigenvalue weighted by Gasteiger charge is 2.23. The molecule has 0 aromatic heterocycles. The fourth-order valence-electron chi connectivity index (χ4n) is 3.26. The number of guanidine groups is 1. The highest BCUT2D eigenvalue weighted by molar-refractivity contribution is 14.0. The van der Waals surface area contributed by atoms with Gasteiger partial charge in [0.25, 0.3) is 0 Å². The van der Waals surface area contributed by atoms with Crippen LogP contribution in [0.5, 0.6) is 5.75 Å². The molecule has 0 spiro atoms. The van der Waals surface area contributed by atoms with Gasteiger partial charge < -0.3 is 20.3 Å². The summed E-state index contributed by atoms with van der Waals surface area (Å²) in [6.07, 6.45) is 2.93. The van der Waals surface area contributed by atoms with Crippen molar-refractivity contribution < 1.29 is 9.53 Å². The van der Waals surface area contributed by atoms with Crippen LogP contribution in [0.2, 0.25) is 0 Å². The Bertz CT molecular complexity index is 616. The molecule has 1 heterocycles. The smallest absolute Gasteiger partial charge is 0.223 e. The topological polar surface area (TPSA) is 69.2 Å². The minimum atomic E-state index is 0. The fourth-order valence-corrected chi connectivity index (χ4v) is 3.26. The van der Waals surface area contributed by atoms with Crippen molar-refractivity contribution in [2.45, 2.75) is 25.3 Å². The van der Waals surface area contributed by atoms with Crippen LogP contribution in [0.15, 0.2) is 29.3 Å². The Labute approximate surface area is 185 Å². The molecule has 1 fully saturated rings. The third-order valence-electron chi connectivity index (χ3n) is 4.90. The summed E-state index contributed by atoms with van der Waals surface area (Å²) in [4.78, 5) is 20.1. The second kappa shape index (κ2) is 12.8. The number of methoxy groups -OCH3 is 1. The standard InChI is InChI=1S/C20H33N5O2.HI/c1-21-20(22-12-11-19(26)24(2)3)23-15-18(25-13-5-6-14-25)16-7-9-17(27-4)10-8-16;/h7-10,18H,5-6,11-15H2,1-4H3,(H2,21,22,23);1H. The van der Waals surface area contributed by atoms with Crippen molar-refractivity contribution in [3.63, 3.8) is 0 Å². The molecule has 0 saturated carbocycles. The van der Waals surface area contributed by atoms with E-state index in [0.717, 1.165) is 31.3 Å². The summed E-state index contributed by atoms with van der Waals surface area (Å²) < 4.78 is 5.28. The molecule has 2 rings (SSSR count). The lowest BCUT2D eigenvalue weighted by Gasteiger charge is -2.29. The van der Waals surface area contributed by atoms with Gasteiger partial charge >= 0.3 is 0 Å². The van der Waals surface area contributed by atoms with E-state index in [1.807, 2.05) is 12.1 Å². The minimum Gasteiger partial charge on any atom is -0.497 e. The normalized spacial score (nSPS) is 15.5. The summed E-state index contributed by atoms with van der Waals surface area (Å²) in [6, 6.07) is 8.57. The number of nitrogens with one attached hydrogen (secondary N) is 2. The Morgan fingerprint density at radius 1 is 1.21 bits per heavy atom. The second-order valence-electron chi connectivity index (χ2n) is 6.95. The largest absolute Gasteiger partial charge is 0.497 e. The third kappa shape index (κ3) is 7.46. The monoisotopic (exact) mass is 503 g/mol. The van der Waals surface area contributed by atoms with Crippen molar-refractivity contribution in [3.05, 3.63) is 29.8 Å². The Morgan fingerprint density at radius 2 is 1.86 bits per heavy atom. The van der Waals surface area contributed by atoms with E-state index >= 15 is 0 Å². The summed E-state index contributed by atoms with van der Waals surface area (Å²) in [5, 5.41) is 6.64. The first-order chi connectivity index (χ1) is 13.0. The molecular weight excluding hydrogens is 469 g/mol. The number of amides is 1. The molecular formula is C20H34IN5O2. The number of hydrogen-bond acceptors (Lipinski definition) is 4. The number of rotatable bonds is 8. The molecule has 0 aliphatic carbocycles. The van der Waals surface area contributed by atoms with Crippen molar-refractivity contribution >= 4 is 35.8 Å². The fraction of sp³-hybridized carbons (Fsp3) is 0.600. The highest BCUT2D eigenvalue weighted by Crippen LogP contribution is 2.26. The van der Waals surface area contributed by atoms with Crippen LogP contribution in [-0.4, -0.2) is 76.1 Å². The maximum atomic E-state index is 11.7. The molecule has 158 valence electrons. The van der Waals surface area contributed by atoms with Gasteiger partial charge in [-0.2, -0.15) is 0 Å². The number of benzene rings is 1. The van der Waals surface area contributed by atoms with Gasteiger partial charge in [0, 0.05) is 40.7 Å². The number of carbonyl (C=O) groups excluding carboxylic acids is 1. The number of hydrogen-bond donors (Lipinski definition) is 2. The van der Waals surface area contributed by atoms with Crippen molar-refractivity contribution in [1.29, 1.82) is 0 Å². The number of nitrogens with zero attached hydrogens (tertiary/aromatic N) is 3. The minimum absolute atomic E-state index is 0. The summed E-state index contributed by atoms with van der Waals surface area (Å²) in [5.74, 6) is 1.69. The second-order valence-corrected chi connectivity index (χ2v) is 6.95. The quantitative estimate of drug-likeness (QED) is 0.323. The van der Waals surface area contributed by atoms with Gasteiger partial charge in [-0.15, -0.1) is 24.0 Å². The molecule has 1 aliphatic heterocycles. The van der Waals surface area contributed by atoms with Crippen LogP contribution in [-0.2, 0) is 4.79 Å². The third-order valence-corrected chi connectivity index (χ3v) is 4.90. The van der Waals surface area contributed by atoms with E-state index in [1.54, 1.807) is 33.2 Å². The van der Waals surface area contributed by atoms with Crippen LogP contribution in [0, 0.1) is 0 Å². The Kier molecular flexibility index (Phi) is 11.2. The predicted octanol–water partition coefficient (Wildman–Crippen LogP) is 2.09. The number of aliphatic imine (C=N–C) groups is 1. The van der Waals surface area contributed by atoms with E-state index in [9.17, 15) is 4.79 Å². The molecule has 1 aromatic carbocycles. The molecule has 8 heteroatoms. The van der Waals surface area contributed by atoms with Crippen molar-refractivity contribution in [1.82, 2.24) is 20.4 Å². The van der Waals surface area contributed by atoms with Gasteiger partial charge in [0.15, 0.2) is 5.96 Å². The van der Waals surface area contributed by atoms with Gasteiger partial charge in [0.1, 0.15) is 5.75 Å². The molecule has 1 unspecified atom stereocenters. The van der Waals surface area contributed by atoms with Gasteiger partial charge in [-0.05, 0) is 43.6 Å². The van der Waals surface area contributed by atoms with E-state index < -0.39 is 0 Å². The SMILES string of the molecule is CN=C(NCCC(=O)N(C)C)NCC(c1ccc(OC)cc1)N1CCCC1.I. The van der Waals surface area contributed by atoms with Crippen molar-refractivity contribution in [3.8, 4) is 5.75 Å². The van der Waals surface area contributed by atoms with Gasteiger partial charge in [-0.3, -0.25) is 14.7 Å². The lowest BCUT2D eigenvalue weighted by molar-refractivity contribution is -0.128. The molecule has 1 aromatic rings. The summed E-state index contributed by atoms with van der Waals surface area (Å²) in [6.45, 7) is 3.55. The summed E-state index contributed by atoms with van der Waals surface area (Å²) in [5.41, 5.74) is 1.27. The molecule has 28 heavy (non-hydrogen) atoms. The maximum absolute atomic E-state index is 11.7. The molecule has 1 atom stereocenters. The van der Waals surface area contributed by atoms with Crippen LogP contribution in [0.1, 0.15) is 30.9 Å². The van der Waals surface area contributed by atoms with Crippen molar-refractivity contribution in [2.75, 3.05) is 54.4 Å². The highest BCUT2D eigenvalue weighted by atomic mass is 127. The van der Waals surface area contributed by atoms with Crippen LogP contribution in [0.4, 0.5) is 0 Å². The van der Waals surface area contributed by atoms with E-state index in [2.05, 4.69) is 32.7 Å². The summed E-state index contributed by atoms with van der Waals surface area (Å²) >= 11 is 0. The lowest BCUT2D eigenvalue weighted by Crippen LogP contribution is -2.43. The van der Waals surface area contributed by atoms with Crippen LogP contribution in [0.3, 0.4) is 0 Å². The van der Waals surface area contributed by atoms with Crippen LogP contribution >= 0.6 is 24.0 Å². The van der Waals surface area contributed by atoms with Crippen molar-refractivity contribution in [2.24, 2.45) is 4.99 Å². The zero-order valence-corrected chi connectivity index (χ0v) is 19.7. The zero-order chi connectivity index (χ0) is 19.6. The number of ether oxygens (including phenoxy) is 1. The summed E-state index contributed by atoms with van der Waals surface area (Å²) in [7, 11) is 6.97. The average molecular weight is 503 g/mol. The molecule has 1 amide bonds. The Hall–Kier alpha value is -1.55. The molecule has 0 radical (unpaired) electrons. The van der Waals surface area contributed by atoms with E-state index in [0.29, 0.717) is 13.0 Å². The van der Waals surface area contributed by atoms with Crippen LogP contribution in [0.25, 0.3) is 0 Å². The predicted molar refractivity (Wildman–Crippen MR) is 125 cm³/mol. The average Bonchev–Trinajstić information content (AvgIpc) is 3.21. The van der Waals surface area contributed by atoms with Gasteiger partial charge in [0.05, 0.1) is 13.2 Å². The Balaban J connectivity index is 0.00000392. The molecule has 1 saturated heterocycles. The number of halogens is 1.